The van der Waals surface area contributed by atoms with Crippen molar-refractivity contribution in [1.82, 2.24) is 0 Å². The second-order valence-corrected chi connectivity index (χ2v) is 3.08. The summed E-state index contributed by atoms with van der Waals surface area (Å²) < 4.78 is 17.6. The normalized spacial score (nSPS) is 9.71. The summed E-state index contributed by atoms with van der Waals surface area (Å²) in [6.45, 7) is 0. The molecule has 0 amide bonds. The second kappa shape index (κ2) is 4.09. The van der Waals surface area contributed by atoms with Crippen LogP contribution in [0.4, 0.5) is 10.1 Å². The van der Waals surface area contributed by atoms with Crippen molar-refractivity contribution in [3.63, 3.8) is 0 Å². The van der Waals surface area contributed by atoms with Crippen LogP contribution in [0.3, 0.4) is 0 Å². The van der Waals surface area contributed by atoms with Crippen LogP contribution in [0.5, 0.6) is 0 Å². The van der Waals surface area contributed by atoms with Crippen LogP contribution < -0.4 is 4.90 Å². The van der Waals surface area contributed by atoms with Crippen molar-refractivity contribution in [2.75, 3.05) is 26.1 Å². The van der Waals surface area contributed by atoms with Gasteiger partial charge in [-0.05, 0) is 18.2 Å². The average Bonchev–Trinajstić information content (AvgIpc) is 2.15. The smallest absolute Gasteiger partial charge is 0.338 e. The molecular weight excluding hydrogens is 185 g/mol. The summed E-state index contributed by atoms with van der Waals surface area (Å²) in [5.41, 5.74) is 0.849. The molecule has 0 aliphatic carbocycles. The monoisotopic (exact) mass is 197 g/mol. The number of halogens is 1. The van der Waals surface area contributed by atoms with Crippen LogP contribution in [0.25, 0.3) is 0 Å². The van der Waals surface area contributed by atoms with Gasteiger partial charge in [0.25, 0.3) is 0 Å². The number of ether oxygens (including phenoxy) is 1. The van der Waals surface area contributed by atoms with Crippen molar-refractivity contribution in [3.05, 3.63) is 29.6 Å². The first kappa shape index (κ1) is 10.5. The molecule has 0 spiro atoms. The molecule has 14 heavy (non-hydrogen) atoms. The molecule has 1 rings (SSSR count). The van der Waals surface area contributed by atoms with E-state index in [4.69, 9.17) is 0 Å². The fourth-order valence-corrected chi connectivity index (χ4v) is 1.07. The fraction of sp³-hybridized carbons (Fsp3) is 0.300. The molecule has 0 unspecified atom stereocenters. The number of benzene rings is 1. The molecule has 0 saturated heterocycles. The molecule has 0 radical (unpaired) electrons. The first-order valence-corrected chi connectivity index (χ1v) is 4.11. The number of carbonyl (C=O) groups is 1. The molecule has 3 nitrogen and oxygen atoms in total. The highest BCUT2D eigenvalue weighted by Gasteiger charge is 2.09. The fourth-order valence-electron chi connectivity index (χ4n) is 1.07. The lowest BCUT2D eigenvalue weighted by atomic mass is 10.2. The molecule has 0 fully saturated rings. The van der Waals surface area contributed by atoms with Gasteiger partial charge in [0.05, 0.1) is 12.7 Å². The minimum atomic E-state index is -0.535. The Kier molecular flexibility index (Phi) is 3.06. The van der Waals surface area contributed by atoms with Crippen molar-refractivity contribution in [1.29, 1.82) is 0 Å². The molecule has 0 aromatic heterocycles. The van der Waals surface area contributed by atoms with Crippen LogP contribution in [0.1, 0.15) is 10.4 Å². The summed E-state index contributed by atoms with van der Waals surface area (Å²) in [5.74, 6) is -0.982. The first-order valence-electron chi connectivity index (χ1n) is 4.11. The van der Waals surface area contributed by atoms with E-state index in [0.29, 0.717) is 5.69 Å². The van der Waals surface area contributed by atoms with Crippen molar-refractivity contribution in [2.24, 2.45) is 0 Å². The Labute approximate surface area is 82.1 Å². The van der Waals surface area contributed by atoms with Crippen LogP contribution in [-0.4, -0.2) is 27.2 Å². The number of rotatable bonds is 2. The standard InChI is InChI=1S/C10H12FNO2/c1-12(2)9-5-7(10(13)14-3)4-8(11)6-9/h4-6H,1-3H3. The third-order valence-corrected chi connectivity index (χ3v) is 1.82. The largest absolute Gasteiger partial charge is 0.465 e. The number of nitrogens with zero attached hydrogens (tertiary/aromatic N) is 1. The molecule has 1 aromatic rings. The maximum atomic E-state index is 13.1. The van der Waals surface area contributed by atoms with Gasteiger partial charge in [0.2, 0.25) is 0 Å². The molecule has 76 valence electrons. The van der Waals surface area contributed by atoms with Crippen LogP contribution in [0.2, 0.25) is 0 Å². The molecule has 0 bridgehead atoms. The van der Waals surface area contributed by atoms with Gasteiger partial charge in [-0.3, -0.25) is 0 Å². The summed E-state index contributed by atoms with van der Waals surface area (Å²) in [6, 6.07) is 4.08. The van der Waals surface area contributed by atoms with Crippen LogP contribution in [0.15, 0.2) is 18.2 Å². The number of anilines is 1. The summed E-state index contributed by atoms with van der Waals surface area (Å²) in [5, 5.41) is 0. The van der Waals surface area contributed by atoms with Crippen LogP contribution >= 0.6 is 0 Å². The van der Waals surface area contributed by atoms with E-state index in [1.807, 2.05) is 0 Å². The van der Waals surface area contributed by atoms with Crippen molar-refractivity contribution < 1.29 is 13.9 Å². The third kappa shape index (κ3) is 2.22. The number of carbonyl (C=O) groups excluding carboxylic acids is 1. The van der Waals surface area contributed by atoms with Crippen LogP contribution in [-0.2, 0) is 4.74 Å². The lowest BCUT2D eigenvalue weighted by Crippen LogP contribution is -2.11. The maximum Gasteiger partial charge on any atom is 0.338 e. The Morgan fingerprint density at radius 3 is 2.50 bits per heavy atom. The van der Waals surface area contributed by atoms with Gasteiger partial charge in [-0.15, -0.1) is 0 Å². The van der Waals surface area contributed by atoms with Crippen molar-refractivity contribution in [2.45, 2.75) is 0 Å². The molecule has 4 heteroatoms. The molecule has 0 aliphatic heterocycles. The maximum absolute atomic E-state index is 13.1. The average molecular weight is 197 g/mol. The molecule has 0 N–H and O–H groups in total. The van der Waals surface area contributed by atoms with Gasteiger partial charge in [0, 0.05) is 19.8 Å². The van der Waals surface area contributed by atoms with Crippen molar-refractivity contribution in [3.8, 4) is 0 Å². The van der Waals surface area contributed by atoms with E-state index in [2.05, 4.69) is 4.74 Å². The quantitative estimate of drug-likeness (QED) is 0.675. The second-order valence-electron chi connectivity index (χ2n) is 3.08. The number of methoxy groups -OCH3 is 1. The van der Waals surface area contributed by atoms with Gasteiger partial charge in [-0.25, -0.2) is 9.18 Å². The molecule has 0 heterocycles. The summed E-state index contributed by atoms with van der Waals surface area (Å²) >= 11 is 0. The summed E-state index contributed by atoms with van der Waals surface area (Å²) in [7, 11) is 4.81. The highest BCUT2D eigenvalue weighted by Crippen LogP contribution is 2.16. The molecule has 0 aliphatic rings. The topological polar surface area (TPSA) is 29.5 Å². The van der Waals surface area contributed by atoms with E-state index in [0.717, 1.165) is 6.07 Å². The van der Waals surface area contributed by atoms with E-state index in [9.17, 15) is 9.18 Å². The van der Waals surface area contributed by atoms with Gasteiger partial charge >= 0.3 is 5.97 Å². The molecule has 0 saturated carbocycles. The Morgan fingerprint density at radius 1 is 1.36 bits per heavy atom. The number of esters is 1. The molecule has 0 atom stereocenters. The van der Waals surface area contributed by atoms with Gasteiger partial charge in [-0.1, -0.05) is 0 Å². The van der Waals surface area contributed by atoms with Crippen LogP contribution in [0, 0.1) is 5.82 Å². The lowest BCUT2D eigenvalue weighted by Gasteiger charge is -2.13. The first-order chi connectivity index (χ1) is 6.54. The van der Waals surface area contributed by atoms with Gasteiger partial charge < -0.3 is 9.64 Å². The minimum absolute atomic E-state index is 0.219. The predicted molar refractivity (Wildman–Crippen MR) is 52.1 cm³/mol. The molecular formula is C10H12FNO2. The Bertz CT molecular complexity index is 350. The number of hydrogen-bond donors (Lipinski definition) is 0. The highest BCUT2D eigenvalue weighted by molar-refractivity contribution is 5.90. The summed E-state index contributed by atoms with van der Waals surface area (Å²) in [4.78, 5) is 12.9. The SMILES string of the molecule is COC(=O)c1cc(F)cc(N(C)C)c1. The Balaban J connectivity index is 3.13. The predicted octanol–water partition coefficient (Wildman–Crippen LogP) is 1.68. The van der Waals surface area contributed by atoms with E-state index in [1.165, 1.54) is 13.2 Å². The Hall–Kier alpha value is -1.58. The van der Waals surface area contributed by atoms with E-state index in [-0.39, 0.29) is 5.56 Å². The van der Waals surface area contributed by atoms with Gasteiger partial charge in [-0.2, -0.15) is 0 Å². The van der Waals surface area contributed by atoms with Gasteiger partial charge in [0.15, 0.2) is 0 Å². The zero-order chi connectivity index (χ0) is 10.7. The van der Waals surface area contributed by atoms with E-state index >= 15 is 0 Å². The van der Waals surface area contributed by atoms with E-state index < -0.39 is 11.8 Å². The number of hydrogen-bond acceptors (Lipinski definition) is 3. The highest BCUT2D eigenvalue weighted by atomic mass is 19.1. The van der Waals surface area contributed by atoms with Crippen molar-refractivity contribution >= 4 is 11.7 Å². The zero-order valence-corrected chi connectivity index (χ0v) is 8.37. The zero-order valence-electron chi connectivity index (χ0n) is 8.37. The molecule has 1 aromatic carbocycles. The minimum Gasteiger partial charge on any atom is -0.465 e. The van der Waals surface area contributed by atoms with E-state index in [1.54, 1.807) is 25.1 Å². The Morgan fingerprint density at radius 2 is 2.00 bits per heavy atom. The summed E-state index contributed by atoms with van der Waals surface area (Å²) in [6.07, 6.45) is 0. The third-order valence-electron chi connectivity index (χ3n) is 1.82. The van der Waals surface area contributed by atoms with Gasteiger partial charge in [0.1, 0.15) is 5.82 Å². The lowest BCUT2D eigenvalue weighted by molar-refractivity contribution is 0.0600.